The van der Waals surface area contributed by atoms with Gasteiger partial charge in [-0.15, -0.1) is 0 Å². The summed E-state index contributed by atoms with van der Waals surface area (Å²) in [6, 6.07) is 0. The molecule has 4 nitrogen and oxygen atoms in total. The number of hydrogen-bond acceptors (Lipinski definition) is 2. The molecule has 1 aliphatic heterocycles. The fourth-order valence-corrected chi connectivity index (χ4v) is 1.46. The van der Waals surface area contributed by atoms with Crippen LogP contribution in [0.15, 0.2) is 0 Å². The first-order valence-corrected chi connectivity index (χ1v) is 4.78. The number of carbonyl (C=O) groups is 2. The van der Waals surface area contributed by atoms with E-state index in [-0.39, 0.29) is 18.4 Å². The summed E-state index contributed by atoms with van der Waals surface area (Å²) in [6.07, 6.45) is 2.58. The molecule has 0 bridgehead atoms. The van der Waals surface area contributed by atoms with E-state index in [4.69, 9.17) is 0 Å². The number of piperidine rings is 1. The number of likely N-dealkylation sites (N-methyl/N-ethyl adjacent to an activating group) is 1. The van der Waals surface area contributed by atoms with Crippen molar-refractivity contribution in [3.63, 3.8) is 0 Å². The fourth-order valence-electron chi connectivity index (χ4n) is 1.46. The molecule has 4 heteroatoms. The van der Waals surface area contributed by atoms with E-state index in [1.54, 1.807) is 4.90 Å². The zero-order chi connectivity index (χ0) is 9.68. The van der Waals surface area contributed by atoms with E-state index in [2.05, 4.69) is 5.32 Å². The van der Waals surface area contributed by atoms with Crippen LogP contribution in [0.5, 0.6) is 0 Å². The van der Waals surface area contributed by atoms with Gasteiger partial charge >= 0.3 is 0 Å². The molecule has 0 spiro atoms. The lowest BCUT2D eigenvalue weighted by Crippen LogP contribution is -2.42. The second-order valence-corrected chi connectivity index (χ2v) is 3.23. The van der Waals surface area contributed by atoms with Gasteiger partial charge in [-0.2, -0.15) is 0 Å². The Labute approximate surface area is 78.3 Å². The molecule has 1 N–H and O–H groups in total. The van der Waals surface area contributed by atoms with Crippen molar-refractivity contribution in [2.24, 2.45) is 0 Å². The van der Waals surface area contributed by atoms with Crippen molar-refractivity contribution >= 4 is 11.8 Å². The first-order valence-electron chi connectivity index (χ1n) is 4.78. The van der Waals surface area contributed by atoms with Crippen molar-refractivity contribution in [3.05, 3.63) is 0 Å². The molecule has 0 radical (unpaired) electrons. The Balaban J connectivity index is 2.33. The molecule has 1 heterocycles. The zero-order valence-electron chi connectivity index (χ0n) is 8.01. The summed E-state index contributed by atoms with van der Waals surface area (Å²) in [5, 5.41) is 2.68. The summed E-state index contributed by atoms with van der Waals surface area (Å²) in [7, 11) is 0. The molecule has 0 aliphatic carbocycles. The molecule has 1 fully saturated rings. The van der Waals surface area contributed by atoms with Crippen molar-refractivity contribution < 1.29 is 9.59 Å². The van der Waals surface area contributed by atoms with Crippen LogP contribution in [-0.2, 0) is 9.59 Å². The Morgan fingerprint density at radius 2 is 2.31 bits per heavy atom. The standard InChI is InChI=1S/C9H16N2O2/c1-2-10-8(12)7-11-6-4-3-5-9(11)13/h2-7H2,1H3,(H,10,12). The molecule has 2 amide bonds. The van der Waals surface area contributed by atoms with E-state index in [1.807, 2.05) is 6.92 Å². The number of hydrogen-bond donors (Lipinski definition) is 1. The van der Waals surface area contributed by atoms with Crippen molar-refractivity contribution in [1.82, 2.24) is 10.2 Å². The van der Waals surface area contributed by atoms with Gasteiger partial charge in [0.25, 0.3) is 0 Å². The van der Waals surface area contributed by atoms with Crippen molar-refractivity contribution in [2.75, 3.05) is 19.6 Å². The molecule has 0 aromatic carbocycles. The van der Waals surface area contributed by atoms with Crippen molar-refractivity contribution in [3.8, 4) is 0 Å². The monoisotopic (exact) mass is 184 g/mol. The number of rotatable bonds is 3. The van der Waals surface area contributed by atoms with Gasteiger partial charge in [0.15, 0.2) is 0 Å². The molecule has 1 rings (SSSR count). The molecule has 0 aromatic rings. The average molecular weight is 184 g/mol. The van der Waals surface area contributed by atoms with Crippen molar-refractivity contribution in [1.29, 1.82) is 0 Å². The summed E-state index contributed by atoms with van der Waals surface area (Å²) >= 11 is 0. The van der Waals surface area contributed by atoms with E-state index in [1.165, 1.54) is 0 Å². The lowest BCUT2D eigenvalue weighted by atomic mass is 10.1. The van der Waals surface area contributed by atoms with Crippen LogP contribution in [0, 0.1) is 0 Å². The normalized spacial score (nSPS) is 17.3. The average Bonchev–Trinajstić information content (AvgIpc) is 2.09. The predicted molar refractivity (Wildman–Crippen MR) is 49.1 cm³/mol. The number of nitrogens with zero attached hydrogens (tertiary/aromatic N) is 1. The summed E-state index contributed by atoms with van der Waals surface area (Å²) in [5.74, 6) is 0.0512. The third kappa shape index (κ3) is 3.05. The molecular weight excluding hydrogens is 168 g/mol. The second kappa shape index (κ2) is 4.84. The van der Waals surface area contributed by atoms with Crippen LogP contribution >= 0.6 is 0 Å². The van der Waals surface area contributed by atoms with Gasteiger partial charge in [-0.25, -0.2) is 0 Å². The van der Waals surface area contributed by atoms with Crippen LogP contribution in [0.4, 0.5) is 0 Å². The summed E-state index contributed by atoms with van der Waals surface area (Å²) in [6.45, 7) is 3.46. The molecule has 1 aliphatic rings. The molecule has 0 aromatic heterocycles. The Hall–Kier alpha value is -1.06. The summed E-state index contributed by atoms with van der Waals surface area (Å²) in [5.41, 5.74) is 0. The number of amides is 2. The van der Waals surface area contributed by atoms with E-state index >= 15 is 0 Å². The predicted octanol–water partition coefficient (Wildman–Crippen LogP) is 0.135. The lowest BCUT2D eigenvalue weighted by molar-refractivity contribution is -0.137. The molecule has 74 valence electrons. The quantitative estimate of drug-likeness (QED) is 0.678. The first kappa shape index (κ1) is 10.0. The summed E-state index contributed by atoms with van der Waals surface area (Å²) in [4.78, 5) is 24.1. The number of likely N-dealkylation sites (tertiary alicyclic amines) is 1. The Bertz CT molecular complexity index is 204. The Morgan fingerprint density at radius 3 is 2.92 bits per heavy atom. The van der Waals surface area contributed by atoms with Crippen LogP contribution in [0.3, 0.4) is 0 Å². The van der Waals surface area contributed by atoms with Gasteiger partial charge in [0.05, 0.1) is 6.54 Å². The first-order chi connectivity index (χ1) is 6.24. The number of carbonyl (C=O) groups excluding carboxylic acids is 2. The molecular formula is C9H16N2O2. The maximum atomic E-state index is 11.3. The van der Waals surface area contributed by atoms with E-state index in [0.29, 0.717) is 13.0 Å². The zero-order valence-corrected chi connectivity index (χ0v) is 8.01. The van der Waals surface area contributed by atoms with Gasteiger partial charge in [-0.05, 0) is 19.8 Å². The Morgan fingerprint density at radius 1 is 1.54 bits per heavy atom. The topological polar surface area (TPSA) is 49.4 Å². The molecule has 0 atom stereocenters. The van der Waals surface area contributed by atoms with Gasteiger partial charge in [0, 0.05) is 19.5 Å². The smallest absolute Gasteiger partial charge is 0.239 e. The highest BCUT2D eigenvalue weighted by Crippen LogP contribution is 2.09. The highest BCUT2D eigenvalue weighted by Gasteiger charge is 2.19. The minimum absolute atomic E-state index is 0.0576. The lowest BCUT2D eigenvalue weighted by Gasteiger charge is -2.25. The molecule has 0 saturated carbocycles. The fraction of sp³-hybridized carbons (Fsp3) is 0.778. The van der Waals surface area contributed by atoms with Crippen LogP contribution in [0.1, 0.15) is 26.2 Å². The second-order valence-electron chi connectivity index (χ2n) is 3.23. The third-order valence-electron chi connectivity index (χ3n) is 2.13. The SMILES string of the molecule is CCNC(=O)CN1CCCCC1=O. The highest BCUT2D eigenvalue weighted by atomic mass is 16.2. The molecule has 1 saturated heterocycles. The van der Waals surface area contributed by atoms with Gasteiger partial charge in [-0.1, -0.05) is 0 Å². The van der Waals surface area contributed by atoms with Gasteiger partial charge in [0.2, 0.25) is 11.8 Å². The van der Waals surface area contributed by atoms with Gasteiger partial charge in [-0.3, -0.25) is 9.59 Å². The maximum Gasteiger partial charge on any atom is 0.239 e. The van der Waals surface area contributed by atoms with Crippen LogP contribution in [0.25, 0.3) is 0 Å². The van der Waals surface area contributed by atoms with Crippen LogP contribution in [-0.4, -0.2) is 36.3 Å². The van der Waals surface area contributed by atoms with E-state index < -0.39 is 0 Å². The minimum Gasteiger partial charge on any atom is -0.355 e. The largest absolute Gasteiger partial charge is 0.355 e. The number of nitrogens with one attached hydrogen (secondary N) is 1. The van der Waals surface area contributed by atoms with E-state index in [9.17, 15) is 9.59 Å². The molecule has 13 heavy (non-hydrogen) atoms. The minimum atomic E-state index is -0.0576. The van der Waals surface area contributed by atoms with Gasteiger partial charge < -0.3 is 10.2 Å². The van der Waals surface area contributed by atoms with Crippen LogP contribution < -0.4 is 5.32 Å². The highest BCUT2D eigenvalue weighted by molar-refractivity contribution is 5.85. The van der Waals surface area contributed by atoms with Crippen molar-refractivity contribution in [2.45, 2.75) is 26.2 Å². The molecule has 0 unspecified atom stereocenters. The van der Waals surface area contributed by atoms with Gasteiger partial charge in [0.1, 0.15) is 0 Å². The Kier molecular flexibility index (Phi) is 3.73. The van der Waals surface area contributed by atoms with Crippen LogP contribution in [0.2, 0.25) is 0 Å². The van der Waals surface area contributed by atoms with E-state index in [0.717, 1.165) is 19.4 Å². The third-order valence-corrected chi connectivity index (χ3v) is 2.13. The maximum absolute atomic E-state index is 11.3. The summed E-state index contributed by atoms with van der Waals surface area (Å²) < 4.78 is 0.